The number of hydrogen-bond donors (Lipinski definition) is 2. The molecule has 110 valence electrons. The average molecular weight is 333 g/mol. The molecule has 2 rings (SSSR count). The normalized spacial score (nSPS) is 10.4. The SMILES string of the molecule is O=C(O)c1csc(CNC(=O)c2cc(F)c(F)cc2Cl)n1. The van der Waals surface area contributed by atoms with Crippen LogP contribution in [0, 0.1) is 11.6 Å². The maximum atomic E-state index is 13.1. The molecule has 0 aliphatic carbocycles. The van der Waals surface area contributed by atoms with Gasteiger partial charge in [-0.2, -0.15) is 0 Å². The molecule has 5 nitrogen and oxygen atoms in total. The van der Waals surface area contributed by atoms with Crippen molar-refractivity contribution in [2.75, 3.05) is 0 Å². The van der Waals surface area contributed by atoms with Crippen LogP contribution in [0.5, 0.6) is 0 Å². The molecule has 9 heteroatoms. The molecule has 0 atom stereocenters. The second kappa shape index (κ2) is 6.15. The molecule has 2 N–H and O–H groups in total. The molecule has 1 aromatic carbocycles. The maximum absolute atomic E-state index is 13.1. The number of halogens is 3. The molecular formula is C12H7ClF2N2O3S. The minimum Gasteiger partial charge on any atom is -0.476 e. The summed E-state index contributed by atoms with van der Waals surface area (Å²) in [4.78, 5) is 26.2. The first-order valence-corrected chi connectivity index (χ1v) is 6.74. The van der Waals surface area contributed by atoms with E-state index < -0.39 is 23.5 Å². The topological polar surface area (TPSA) is 79.3 Å². The fraction of sp³-hybridized carbons (Fsp3) is 0.0833. The molecule has 0 fully saturated rings. The van der Waals surface area contributed by atoms with E-state index in [-0.39, 0.29) is 22.8 Å². The zero-order valence-corrected chi connectivity index (χ0v) is 11.8. The number of carboxylic acid groups (broad SMARTS) is 1. The highest BCUT2D eigenvalue weighted by Gasteiger charge is 2.15. The van der Waals surface area contributed by atoms with Gasteiger partial charge >= 0.3 is 5.97 Å². The van der Waals surface area contributed by atoms with E-state index >= 15 is 0 Å². The zero-order valence-electron chi connectivity index (χ0n) is 10.2. The lowest BCUT2D eigenvalue weighted by atomic mass is 10.2. The third kappa shape index (κ3) is 3.53. The standard InChI is InChI=1S/C12H7ClF2N2O3S/c13-6-2-8(15)7(14)1-5(6)11(18)16-3-10-17-9(4-21-10)12(19)20/h1-2,4H,3H2,(H,16,18)(H,19,20). The predicted octanol–water partition coefficient (Wildman–Crippen LogP) is 2.70. The van der Waals surface area contributed by atoms with Gasteiger partial charge in [0, 0.05) is 5.38 Å². The third-order valence-electron chi connectivity index (χ3n) is 2.43. The molecule has 21 heavy (non-hydrogen) atoms. The average Bonchev–Trinajstić information content (AvgIpc) is 2.89. The fourth-order valence-corrected chi connectivity index (χ4v) is 2.38. The van der Waals surface area contributed by atoms with Gasteiger partial charge in [0.1, 0.15) is 5.01 Å². The van der Waals surface area contributed by atoms with Gasteiger partial charge in [-0.25, -0.2) is 18.6 Å². The fourth-order valence-electron chi connectivity index (χ4n) is 1.44. The van der Waals surface area contributed by atoms with Gasteiger partial charge in [0.05, 0.1) is 17.1 Å². The van der Waals surface area contributed by atoms with E-state index in [0.717, 1.165) is 11.3 Å². The number of aromatic nitrogens is 1. The van der Waals surface area contributed by atoms with Crippen molar-refractivity contribution in [3.63, 3.8) is 0 Å². The van der Waals surface area contributed by atoms with E-state index in [4.69, 9.17) is 16.7 Å². The van der Waals surface area contributed by atoms with E-state index in [1.807, 2.05) is 0 Å². The van der Waals surface area contributed by atoms with E-state index in [1.165, 1.54) is 5.38 Å². The Morgan fingerprint density at radius 2 is 2.00 bits per heavy atom. The van der Waals surface area contributed by atoms with Gasteiger partial charge in [-0.1, -0.05) is 11.6 Å². The molecule has 0 bridgehead atoms. The lowest BCUT2D eigenvalue weighted by Gasteiger charge is -2.06. The van der Waals surface area contributed by atoms with Crippen LogP contribution >= 0.6 is 22.9 Å². The van der Waals surface area contributed by atoms with Crippen LogP contribution in [0.3, 0.4) is 0 Å². The van der Waals surface area contributed by atoms with Crippen LogP contribution in [0.1, 0.15) is 25.9 Å². The van der Waals surface area contributed by atoms with Crippen LogP contribution in [0.2, 0.25) is 5.02 Å². The van der Waals surface area contributed by atoms with Gasteiger partial charge in [0.25, 0.3) is 5.91 Å². The largest absolute Gasteiger partial charge is 0.476 e. The molecule has 0 aliphatic heterocycles. The number of aromatic carboxylic acids is 1. The summed E-state index contributed by atoms with van der Waals surface area (Å²) in [6, 6.07) is 1.40. The van der Waals surface area contributed by atoms with Gasteiger partial charge in [-0.05, 0) is 12.1 Å². The molecule has 0 aliphatic rings. The molecule has 0 saturated carbocycles. The van der Waals surface area contributed by atoms with Gasteiger partial charge in [0.15, 0.2) is 17.3 Å². The molecule has 0 radical (unpaired) electrons. The summed E-state index contributed by atoms with van der Waals surface area (Å²) >= 11 is 6.72. The van der Waals surface area contributed by atoms with Crippen molar-refractivity contribution < 1.29 is 23.5 Å². The first-order chi connectivity index (χ1) is 9.88. The van der Waals surface area contributed by atoms with Crippen LogP contribution in [-0.2, 0) is 6.54 Å². The van der Waals surface area contributed by atoms with Crippen LogP contribution in [-0.4, -0.2) is 22.0 Å². The molecule has 0 saturated heterocycles. The lowest BCUT2D eigenvalue weighted by Crippen LogP contribution is -2.23. The maximum Gasteiger partial charge on any atom is 0.355 e. The van der Waals surface area contributed by atoms with Gasteiger partial charge < -0.3 is 10.4 Å². The van der Waals surface area contributed by atoms with Gasteiger partial charge in [-0.3, -0.25) is 4.79 Å². The number of benzene rings is 1. The van der Waals surface area contributed by atoms with Crippen molar-refractivity contribution in [3.8, 4) is 0 Å². The number of carboxylic acids is 1. The number of amides is 1. The summed E-state index contributed by atoms with van der Waals surface area (Å²) in [7, 11) is 0. The summed E-state index contributed by atoms with van der Waals surface area (Å²) < 4.78 is 26.0. The predicted molar refractivity (Wildman–Crippen MR) is 71.6 cm³/mol. The molecule has 0 spiro atoms. The Kier molecular flexibility index (Phi) is 4.49. The summed E-state index contributed by atoms with van der Waals surface area (Å²) in [5.74, 6) is -4.23. The first-order valence-electron chi connectivity index (χ1n) is 5.49. The van der Waals surface area contributed by atoms with E-state index in [2.05, 4.69) is 10.3 Å². The summed E-state index contributed by atoms with van der Waals surface area (Å²) in [5, 5.41) is 12.6. The van der Waals surface area contributed by atoms with Crippen LogP contribution in [0.4, 0.5) is 8.78 Å². The lowest BCUT2D eigenvalue weighted by molar-refractivity contribution is 0.0691. The second-order valence-corrected chi connectivity index (χ2v) is 5.21. The van der Waals surface area contributed by atoms with Gasteiger partial charge in [-0.15, -0.1) is 11.3 Å². The molecule has 0 unspecified atom stereocenters. The summed E-state index contributed by atoms with van der Waals surface area (Å²) in [6.07, 6.45) is 0. The van der Waals surface area contributed by atoms with Crippen molar-refractivity contribution in [2.45, 2.75) is 6.54 Å². The Morgan fingerprint density at radius 3 is 2.62 bits per heavy atom. The number of nitrogens with zero attached hydrogens (tertiary/aromatic N) is 1. The quantitative estimate of drug-likeness (QED) is 0.844. The molecule has 1 amide bonds. The van der Waals surface area contributed by atoms with Gasteiger partial charge in [0.2, 0.25) is 0 Å². The Bertz CT molecular complexity index is 721. The highest BCUT2D eigenvalue weighted by Crippen LogP contribution is 2.20. The van der Waals surface area contributed by atoms with Crippen molar-refractivity contribution in [1.82, 2.24) is 10.3 Å². The van der Waals surface area contributed by atoms with E-state index in [9.17, 15) is 18.4 Å². The Balaban J connectivity index is 2.08. The number of carbonyl (C=O) groups excluding carboxylic acids is 1. The highest BCUT2D eigenvalue weighted by molar-refractivity contribution is 7.09. The van der Waals surface area contributed by atoms with Crippen molar-refractivity contribution >= 4 is 34.8 Å². The van der Waals surface area contributed by atoms with Crippen molar-refractivity contribution in [1.29, 1.82) is 0 Å². The molecule has 1 heterocycles. The monoisotopic (exact) mass is 332 g/mol. The van der Waals surface area contributed by atoms with Crippen LogP contribution in [0.25, 0.3) is 0 Å². The Labute approximate surface area is 126 Å². The Morgan fingerprint density at radius 1 is 1.33 bits per heavy atom. The number of hydrogen-bond acceptors (Lipinski definition) is 4. The summed E-state index contributed by atoms with van der Waals surface area (Å²) in [5.41, 5.74) is -0.347. The summed E-state index contributed by atoms with van der Waals surface area (Å²) in [6.45, 7) is -0.0495. The van der Waals surface area contributed by atoms with E-state index in [0.29, 0.717) is 17.1 Å². The molecular weight excluding hydrogens is 326 g/mol. The number of thiazole rings is 1. The van der Waals surface area contributed by atoms with Crippen LogP contribution in [0.15, 0.2) is 17.5 Å². The van der Waals surface area contributed by atoms with Crippen molar-refractivity contribution in [2.24, 2.45) is 0 Å². The number of rotatable bonds is 4. The molecule has 1 aromatic heterocycles. The zero-order chi connectivity index (χ0) is 15.6. The molecule has 2 aromatic rings. The Hall–Kier alpha value is -2.06. The van der Waals surface area contributed by atoms with Crippen molar-refractivity contribution in [3.05, 3.63) is 50.4 Å². The first kappa shape index (κ1) is 15.3. The second-order valence-electron chi connectivity index (χ2n) is 3.86. The smallest absolute Gasteiger partial charge is 0.355 e. The number of carbonyl (C=O) groups is 2. The minimum atomic E-state index is -1.19. The third-order valence-corrected chi connectivity index (χ3v) is 3.59. The number of nitrogens with one attached hydrogen (secondary N) is 1. The van der Waals surface area contributed by atoms with Crippen LogP contribution < -0.4 is 5.32 Å². The highest BCUT2D eigenvalue weighted by atomic mass is 35.5. The minimum absolute atomic E-state index is 0.0495. The van der Waals surface area contributed by atoms with E-state index in [1.54, 1.807) is 0 Å².